The van der Waals surface area contributed by atoms with Crippen LogP contribution < -0.4 is 5.32 Å². The van der Waals surface area contributed by atoms with Gasteiger partial charge in [0.1, 0.15) is 5.60 Å². The Bertz CT molecular complexity index is 405. The van der Waals surface area contributed by atoms with E-state index >= 15 is 0 Å². The maximum atomic E-state index is 12.3. The number of piperidine rings is 1. The van der Waals surface area contributed by atoms with Crippen LogP contribution in [-0.4, -0.2) is 41.3 Å². The molecule has 5 atom stereocenters. The van der Waals surface area contributed by atoms with Crippen molar-refractivity contribution in [2.75, 3.05) is 6.54 Å². The van der Waals surface area contributed by atoms with Crippen LogP contribution in [0.3, 0.4) is 0 Å². The second-order valence-corrected chi connectivity index (χ2v) is 8.91. The molecule has 134 valence electrons. The van der Waals surface area contributed by atoms with Gasteiger partial charge in [0, 0.05) is 24.7 Å². The van der Waals surface area contributed by atoms with Crippen LogP contribution in [0.1, 0.15) is 73.6 Å². The van der Waals surface area contributed by atoms with Crippen LogP contribution in [-0.2, 0) is 4.74 Å². The van der Waals surface area contributed by atoms with E-state index in [0.717, 1.165) is 31.2 Å². The molecule has 23 heavy (non-hydrogen) atoms. The Kier molecular flexibility index (Phi) is 5.99. The van der Waals surface area contributed by atoms with Crippen molar-refractivity contribution in [1.29, 1.82) is 0 Å². The van der Waals surface area contributed by atoms with Crippen LogP contribution in [0, 0.1) is 11.8 Å². The number of nitrogens with one attached hydrogen (secondary N) is 1. The molecule has 0 aromatic carbocycles. The van der Waals surface area contributed by atoms with E-state index < -0.39 is 5.60 Å². The fourth-order valence-electron chi connectivity index (χ4n) is 4.13. The van der Waals surface area contributed by atoms with E-state index in [1.54, 1.807) is 0 Å². The topological polar surface area (TPSA) is 41.6 Å². The van der Waals surface area contributed by atoms with E-state index in [9.17, 15) is 4.79 Å². The van der Waals surface area contributed by atoms with Crippen molar-refractivity contribution in [3.05, 3.63) is 0 Å². The van der Waals surface area contributed by atoms with Gasteiger partial charge in [-0.05, 0) is 71.6 Å². The highest BCUT2D eigenvalue weighted by Crippen LogP contribution is 2.30. The average Bonchev–Trinajstić information content (AvgIpc) is 2.40. The van der Waals surface area contributed by atoms with Crippen molar-refractivity contribution in [1.82, 2.24) is 10.2 Å². The predicted molar refractivity (Wildman–Crippen MR) is 94.5 cm³/mol. The largest absolute Gasteiger partial charge is 0.444 e. The lowest BCUT2D eigenvalue weighted by Gasteiger charge is -2.42. The minimum atomic E-state index is -0.417. The summed E-state index contributed by atoms with van der Waals surface area (Å²) < 4.78 is 5.53. The van der Waals surface area contributed by atoms with Crippen LogP contribution in [0.4, 0.5) is 4.79 Å². The molecule has 1 saturated carbocycles. The first kappa shape index (κ1) is 18.6. The summed E-state index contributed by atoms with van der Waals surface area (Å²) >= 11 is 0. The molecule has 0 spiro atoms. The first-order valence-corrected chi connectivity index (χ1v) is 9.41. The number of likely N-dealkylation sites (tertiary alicyclic amines) is 1. The molecule has 1 saturated heterocycles. The number of carbonyl (C=O) groups excluding carboxylic acids is 1. The molecule has 1 amide bonds. The van der Waals surface area contributed by atoms with Crippen LogP contribution in [0.5, 0.6) is 0 Å². The molecule has 1 aliphatic heterocycles. The summed E-state index contributed by atoms with van der Waals surface area (Å²) in [4.78, 5) is 14.2. The zero-order valence-corrected chi connectivity index (χ0v) is 15.9. The number of hydrogen-bond donors (Lipinski definition) is 1. The van der Waals surface area contributed by atoms with Crippen LogP contribution in [0.25, 0.3) is 0 Å². The lowest BCUT2D eigenvalue weighted by Crippen LogP contribution is -2.54. The molecular weight excluding hydrogens is 288 g/mol. The van der Waals surface area contributed by atoms with E-state index in [1.807, 2.05) is 25.7 Å². The lowest BCUT2D eigenvalue weighted by molar-refractivity contribution is 0.00832. The predicted octanol–water partition coefficient (Wildman–Crippen LogP) is 4.19. The second kappa shape index (κ2) is 7.42. The number of rotatable bonds is 2. The highest BCUT2D eigenvalue weighted by molar-refractivity contribution is 5.68. The summed E-state index contributed by atoms with van der Waals surface area (Å²) in [6.07, 6.45) is 5.87. The van der Waals surface area contributed by atoms with Gasteiger partial charge in [0.25, 0.3) is 0 Å². The lowest BCUT2D eigenvalue weighted by atomic mass is 9.79. The average molecular weight is 325 g/mol. The highest BCUT2D eigenvalue weighted by atomic mass is 16.6. The molecule has 4 nitrogen and oxygen atoms in total. The van der Waals surface area contributed by atoms with Crippen LogP contribution in [0.2, 0.25) is 0 Å². The van der Waals surface area contributed by atoms with E-state index in [2.05, 4.69) is 26.1 Å². The minimum absolute atomic E-state index is 0.164. The summed E-state index contributed by atoms with van der Waals surface area (Å²) in [5.74, 6) is 1.63. The molecule has 2 rings (SSSR count). The second-order valence-electron chi connectivity index (χ2n) is 8.91. The number of amides is 1. The number of ether oxygens (including phenoxy) is 1. The van der Waals surface area contributed by atoms with E-state index in [-0.39, 0.29) is 12.1 Å². The van der Waals surface area contributed by atoms with Gasteiger partial charge in [0.15, 0.2) is 0 Å². The summed E-state index contributed by atoms with van der Waals surface area (Å²) in [5, 5.41) is 3.89. The fraction of sp³-hybridized carbons (Fsp3) is 0.947. The zero-order chi connectivity index (χ0) is 17.2. The number of nitrogens with zero attached hydrogens (tertiary/aromatic N) is 1. The Morgan fingerprint density at radius 3 is 2.35 bits per heavy atom. The van der Waals surface area contributed by atoms with Gasteiger partial charge in [-0.2, -0.15) is 0 Å². The van der Waals surface area contributed by atoms with Crippen LogP contribution in [0.15, 0.2) is 0 Å². The standard InChI is InChI=1S/C19H36N2O2/c1-13-7-8-17(14(2)11-13)20-16-9-10-21(15(3)12-16)18(22)23-19(4,5)6/h13-17,20H,7-12H2,1-6H3. The molecule has 4 heteroatoms. The zero-order valence-electron chi connectivity index (χ0n) is 15.9. The van der Waals surface area contributed by atoms with E-state index in [0.29, 0.717) is 12.1 Å². The molecule has 1 aliphatic carbocycles. The normalized spacial score (nSPS) is 35.9. The Balaban J connectivity index is 1.83. The van der Waals surface area contributed by atoms with Crippen molar-refractivity contribution < 1.29 is 9.53 Å². The maximum Gasteiger partial charge on any atom is 0.410 e. The smallest absolute Gasteiger partial charge is 0.410 e. The van der Waals surface area contributed by atoms with Gasteiger partial charge in [-0.1, -0.05) is 13.8 Å². The van der Waals surface area contributed by atoms with Gasteiger partial charge in [-0.15, -0.1) is 0 Å². The first-order chi connectivity index (χ1) is 10.7. The monoisotopic (exact) mass is 324 g/mol. The first-order valence-electron chi connectivity index (χ1n) is 9.41. The maximum absolute atomic E-state index is 12.3. The Hall–Kier alpha value is -0.770. The third kappa shape index (κ3) is 5.37. The van der Waals surface area contributed by atoms with Crippen molar-refractivity contribution in [3.63, 3.8) is 0 Å². The summed E-state index contributed by atoms with van der Waals surface area (Å²) in [6, 6.07) is 1.43. The Morgan fingerprint density at radius 2 is 1.78 bits per heavy atom. The molecule has 0 radical (unpaired) electrons. The summed E-state index contributed by atoms with van der Waals surface area (Å²) in [6.45, 7) is 13.5. The Labute approximate surface area is 142 Å². The molecular formula is C19H36N2O2. The van der Waals surface area contributed by atoms with Gasteiger partial charge < -0.3 is 15.0 Å². The fourth-order valence-corrected chi connectivity index (χ4v) is 4.13. The molecule has 0 bridgehead atoms. The third-order valence-corrected chi connectivity index (χ3v) is 5.39. The van der Waals surface area contributed by atoms with Gasteiger partial charge in [-0.3, -0.25) is 0 Å². The molecule has 1 heterocycles. The third-order valence-electron chi connectivity index (χ3n) is 5.39. The quantitative estimate of drug-likeness (QED) is 0.828. The summed E-state index contributed by atoms with van der Waals surface area (Å²) in [7, 11) is 0. The summed E-state index contributed by atoms with van der Waals surface area (Å²) in [5.41, 5.74) is -0.417. The van der Waals surface area contributed by atoms with Gasteiger partial charge >= 0.3 is 6.09 Å². The van der Waals surface area contributed by atoms with Gasteiger partial charge in [0.05, 0.1) is 0 Å². The van der Waals surface area contributed by atoms with Gasteiger partial charge in [-0.25, -0.2) is 4.79 Å². The van der Waals surface area contributed by atoms with Crippen molar-refractivity contribution >= 4 is 6.09 Å². The number of carbonyl (C=O) groups is 1. The van der Waals surface area contributed by atoms with Crippen molar-refractivity contribution in [3.8, 4) is 0 Å². The molecule has 2 fully saturated rings. The molecule has 0 aromatic heterocycles. The highest BCUT2D eigenvalue weighted by Gasteiger charge is 2.34. The SMILES string of the molecule is CC1CCC(NC2CCN(C(=O)OC(C)(C)C)C(C)C2)C(C)C1. The van der Waals surface area contributed by atoms with Crippen LogP contribution >= 0.6 is 0 Å². The molecule has 1 N–H and O–H groups in total. The minimum Gasteiger partial charge on any atom is -0.444 e. The number of hydrogen-bond acceptors (Lipinski definition) is 3. The van der Waals surface area contributed by atoms with E-state index in [1.165, 1.54) is 19.3 Å². The van der Waals surface area contributed by atoms with Gasteiger partial charge in [0.2, 0.25) is 0 Å². The molecule has 5 unspecified atom stereocenters. The molecule has 0 aromatic rings. The molecule has 2 aliphatic rings. The Morgan fingerprint density at radius 1 is 1.09 bits per heavy atom. The van der Waals surface area contributed by atoms with Crippen molar-refractivity contribution in [2.45, 2.75) is 97.4 Å². The van der Waals surface area contributed by atoms with Crippen molar-refractivity contribution in [2.24, 2.45) is 11.8 Å². The van der Waals surface area contributed by atoms with E-state index in [4.69, 9.17) is 4.74 Å².